The number of hydrogen-bond acceptors (Lipinski definition) is 2. The maximum absolute atomic E-state index is 5.89. The molecule has 2 heteroatoms. The van der Waals surface area contributed by atoms with Crippen molar-refractivity contribution in [3.8, 4) is 0 Å². The van der Waals surface area contributed by atoms with Crippen LogP contribution < -0.4 is 5.32 Å². The van der Waals surface area contributed by atoms with Crippen molar-refractivity contribution in [2.45, 2.75) is 38.8 Å². The summed E-state index contributed by atoms with van der Waals surface area (Å²) in [6.07, 6.45) is 3.24. The molecule has 0 aromatic carbocycles. The molecular formula is C10H19NO. The number of ether oxygens (including phenoxy) is 1. The molecule has 0 unspecified atom stereocenters. The van der Waals surface area contributed by atoms with Crippen LogP contribution in [0.2, 0.25) is 0 Å². The highest BCUT2D eigenvalue weighted by molar-refractivity contribution is 4.98. The minimum absolute atomic E-state index is 0.535. The molecule has 2 nitrogen and oxygen atoms in total. The van der Waals surface area contributed by atoms with Gasteiger partial charge in [-0.25, -0.2) is 0 Å². The maximum Gasteiger partial charge on any atom is 0.0768 e. The first kappa shape index (κ1) is 8.52. The molecule has 3 atom stereocenters. The molecule has 1 saturated heterocycles. The van der Waals surface area contributed by atoms with Crippen molar-refractivity contribution < 1.29 is 4.74 Å². The summed E-state index contributed by atoms with van der Waals surface area (Å²) in [6.45, 7) is 6.54. The third-order valence-electron chi connectivity index (χ3n) is 2.97. The Balaban J connectivity index is 1.81. The van der Waals surface area contributed by atoms with E-state index in [2.05, 4.69) is 19.2 Å². The minimum atomic E-state index is 0.535. The average Bonchev–Trinajstić information content (AvgIpc) is 2.59. The van der Waals surface area contributed by atoms with Crippen LogP contribution in [-0.2, 0) is 4.74 Å². The molecular weight excluding hydrogens is 150 g/mol. The van der Waals surface area contributed by atoms with E-state index >= 15 is 0 Å². The largest absolute Gasteiger partial charge is 0.376 e. The van der Waals surface area contributed by atoms with Gasteiger partial charge in [0.05, 0.1) is 6.10 Å². The molecule has 1 aliphatic heterocycles. The first-order valence-corrected chi connectivity index (χ1v) is 5.12. The van der Waals surface area contributed by atoms with Crippen molar-refractivity contribution in [2.75, 3.05) is 13.2 Å². The van der Waals surface area contributed by atoms with E-state index < -0.39 is 0 Å². The van der Waals surface area contributed by atoms with E-state index in [1.807, 2.05) is 0 Å². The fraction of sp³-hybridized carbons (Fsp3) is 1.00. The van der Waals surface area contributed by atoms with Crippen molar-refractivity contribution in [3.05, 3.63) is 0 Å². The van der Waals surface area contributed by atoms with Gasteiger partial charge in [0.25, 0.3) is 0 Å². The van der Waals surface area contributed by atoms with Gasteiger partial charge in [0.1, 0.15) is 0 Å². The predicted octanol–water partition coefficient (Wildman–Crippen LogP) is 1.41. The summed E-state index contributed by atoms with van der Waals surface area (Å²) in [7, 11) is 0. The molecule has 0 radical (unpaired) electrons. The van der Waals surface area contributed by atoms with Crippen molar-refractivity contribution >= 4 is 0 Å². The fourth-order valence-corrected chi connectivity index (χ4v) is 2.35. The van der Waals surface area contributed by atoms with Gasteiger partial charge in [-0.2, -0.15) is 0 Å². The van der Waals surface area contributed by atoms with E-state index in [1.54, 1.807) is 0 Å². The minimum Gasteiger partial charge on any atom is -0.376 e. The lowest BCUT2D eigenvalue weighted by atomic mass is 10.1. The van der Waals surface area contributed by atoms with Gasteiger partial charge in [-0.05, 0) is 24.7 Å². The van der Waals surface area contributed by atoms with E-state index in [0.717, 1.165) is 12.5 Å². The Kier molecular flexibility index (Phi) is 2.37. The van der Waals surface area contributed by atoms with Gasteiger partial charge in [0.2, 0.25) is 0 Å². The summed E-state index contributed by atoms with van der Waals surface area (Å²) >= 11 is 0. The third kappa shape index (κ3) is 1.50. The molecule has 70 valence electrons. The summed E-state index contributed by atoms with van der Waals surface area (Å²) in [5, 5.41) is 3.50. The molecule has 0 spiro atoms. The Morgan fingerprint density at radius 2 is 2.25 bits per heavy atom. The van der Waals surface area contributed by atoms with E-state index in [-0.39, 0.29) is 0 Å². The second-order valence-electron chi connectivity index (χ2n) is 4.54. The monoisotopic (exact) mass is 169 g/mol. The van der Waals surface area contributed by atoms with Gasteiger partial charge in [-0.1, -0.05) is 13.8 Å². The number of piperidine rings is 1. The lowest BCUT2D eigenvalue weighted by Gasteiger charge is -2.17. The number of nitrogens with one attached hydrogen (secondary N) is 1. The zero-order valence-corrected chi connectivity index (χ0v) is 8.05. The van der Waals surface area contributed by atoms with Crippen LogP contribution in [0.3, 0.4) is 0 Å². The zero-order chi connectivity index (χ0) is 8.55. The van der Waals surface area contributed by atoms with Gasteiger partial charge in [0, 0.05) is 19.2 Å². The van der Waals surface area contributed by atoms with E-state index in [0.29, 0.717) is 18.1 Å². The Bertz CT molecular complexity index is 138. The van der Waals surface area contributed by atoms with Gasteiger partial charge < -0.3 is 10.1 Å². The van der Waals surface area contributed by atoms with Crippen LogP contribution >= 0.6 is 0 Å². The quantitative estimate of drug-likeness (QED) is 0.689. The van der Waals surface area contributed by atoms with Crippen LogP contribution in [0.1, 0.15) is 26.7 Å². The summed E-state index contributed by atoms with van der Waals surface area (Å²) in [6, 6.07) is 0.675. The second-order valence-corrected chi connectivity index (χ2v) is 4.54. The summed E-state index contributed by atoms with van der Waals surface area (Å²) < 4.78 is 5.89. The standard InChI is InChI=1S/C10H19NO/c1-7(2)6-12-10-8-3-4-9(10)11-5-8/h7-11H,3-6H2,1-2H3/t8-,9+,10+/m0/s1. The Hall–Kier alpha value is -0.0800. The first-order valence-electron chi connectivity index (χ1n) is 5.12. The number of rotatable bonds is 3. The molecule has 1 heterocycles. The molecule has 2 rings (SSSR count). The second kappa shape index (κ2) is 3.35. The van der Waals surface area contributed by atoms with Crippen LogP contribution in [0.4, 0.5) is 0 Å². The summed E-state index contributed by atoms with van der Waals surface area (Å²) in [5.41, 5.74) is 0. The topological polar surface area (TPSA) is 21.3 Å². The molecule has 2 bridgehead atoms. The van der Waals surface area contributed by atoms with Crippen molar-refractivity contribution in [2.24, 2.45) is 11.8 Å². The highest BCUT2D eigenvalue weighted by Crippen LogP contribution is 2.33. The molecule has 1 N–H and O–H groups in total. The van der Waals surface area contributed by atoms with Crippen molar-refractivity contribution in [1.29, 1.82) is 0 Å². The van der Waals surface area contributed by atoms with Crippen molar-refractivity contribution in [3.63, 3.8) is 0 Å². The maximum atomic E-state index is 5.89. The Labute approximate surface area is 74.7 Å². The Morgan fingerprint density at radius 1 is 1.42 bits per heavy atom. The van der Waals surface area contributed by atoms with E-state index in [9.17, 15) is 0 Å². The van der Waals surface area contributed by atoms with Crippen LogP contribution in [0.25, 0.3) is 0 Å². The number of hydrogen-bond donors (Lipinski definition) is 1. The van der Waals surface area contributed by atoms with Crippen molar-refractivity contribution in [1.82, 2.24) is 5.32 Å². The van der Waals surface area contributed by atoms with Gasteiger partial charge in [0.15, 0.2) is 0 Å². The summed E-state index contributed by atoms with van der Waals surface area (Å²) in [5.74, 6) is 1.48. The molecule has 0 aromatic heterocycles. The average molecular weight is 169 g/mol. The molecule has 1 saturated carbocycles. The first-order chi connectivity index (χ1) is 5.77. The highest BCUT2D eigenvalue weighted by Gasteiger charge is 2.42. The highest BCUT2D eigenvalue weighted by atomic mass is 16.5. The molecule has 12 heavy (non-hydrogen) atoms. The molecule has 2 fully saturated rings. The van der Waals surface area contributed by atoms with Gasteiger partial charge in [-0.3, -0.25) is 0 Å². The fourth-order valence-electron chi connectivity index (χ4n) is 2.35. The third-order valence-corrected chi connectivity index (χ3v) is 2.97. The lowest BCUT2D eigenvalue weighted by Crippen LogP contribution is -2.30. The normalized spacial score (nSPS) is 39.8. The van der Waals surface area contributed by atoms with Gasteiger partial charge in [-0.15, -0.1) is 0 Å². The van der Waals surface area contributed by atoms with Crippen LogP contribution in [0.5, 0.6) is 0 Å². The lowest BCUT2D eigenvalue weighted by molar-refractivity contribution is 0.0219. The van der Waals surface area contributed by atoms with E-state index in [1.165, 1.54) is 19.4 Å². The summed E-state index contributed by atoms with van der Waals surface area (Å²) in [4.78, 5) is 0. The van der Waals surface area contributed by atoms with Gasteiger partial charge >= 0.3 is 0 Å². The molecule has 0 amide bonds. The Morgan fingerprint density at radius 3 is 2.67 bits per heavy atom. The molecule has 1 aliphatic carbocycles. The number of fused-ring (bicyclic) bond motifs is 2. The van der Waals surface area contributed by atoms with Crippen LogP contribution in [0, 0.1) is 11.8 Å². The smallest absolute Gasteiger partial charge is 0.0768 e. The molecule has 2 aliphatic rings. The van der Waals surface area contributed by atoms with E-state index in [4.69, 9.17) is 4.74 Å². The van der Waals surface area contributed by atoms with Crippen LogP contribution in [0.15, 0.2) is 0 Å². The predicted molar refractivity (Wildman–Crippen MR) is 49.1 cm³/mol. The van der Waals surface area contributed by atoms with Crippen LogP contribution in [-0.4, -0.2) is 25.3 Å². The SMILES string of the molecule is CC(C)CO[C@@H]1[C@H]2CC[C@H]1NC2. The zero-order valence-electron chi connectivity index (χ0n) is 8.05. The molecule has 0 aromatic rings.